The topological polar surface area (TPSA) is 77.6 Å². The number of nitro groups is 1. The van der Waals surface area contributed by atoms with Gasteiger partial charge in [0.05, 0.1) is 11.5 Å². The molecule has 6 nitrogen and oxygen atoms in total. The van der Waals surface area contributed by atoms with Crippen LogP contribution in [0.1, 0.15) is 5.56 Å². The van der Waals surface area contributed by atoms with Gasteiger partial charge in [0.1, 0.15) is 18.4 Å². The molecule has 0 saturated heterocycles. The van der Waals surface area contributed by atoms with E-state index in [9.17, 15) is 10.1 Å². The van der Waals surface area contributed by atoms with E-state index in [-0.39, 0.29) is 5.69 Å². The molecule has 0 saturated carbocycles. The number of nitrogens with zero attached hydrogens (tertiary/aromatic N) is 3. The molecule has 1 aromatic heterocycles. The van der Waals surface area contributed by atoms with Gasteiger partial charge in [0.15, 0.2) is 0 Å². The van der Waals surface area contributed by atoms with Gasteiger partial charge in [0, 0.05) is 6.20 Å². The third kappa shape index (κ3) is 1.41. The van der Waals surface area contributed by atoms with E-state index in [1.165, 1.54) is 18.5 Å². The first kappa shape index (κ1) is 8.61. The van der Waals surface area contributed by atoms with E-state index in [1.54, 1.807) is 0 Å². The van der Waals surface area contributed by atoms with Crippen LogP contribution in [-0.4, -0.2) is 29.0 Å². The fraction of sp³-hybridized carbons (Fsp3) is 0.250. The molecule has 0 aromatic carbocycles. The Kier molecular flexibility index (Phi) is 2.10. The minimum atomic E-state index is -0.494. The van der Waals surface area contributed by atoms with Crippen molar-refractivity contribution in [1.29, 1.82) is 0 Å². The van der Waals surface area contributed by atoms with Gasteiger partial charge in [-0.15, -0.1) is 0 Å². The quantitative estimate of drug-likeness (QED) is 0.513. The van der Waals surface area contributed by atoms with Crippen LogP contribution in [0.2, 0.25) is 0 Å². The molecule has 0 bridgehead atoms. The lowest BCUT2D eigenvalue weighted by molar-refractivity contribution is -0.385. The molecule has 0 N–H and O–H groups in total. The second-order valence-corrected chi connectivity index (χ2v) is 2.69. The van der Waals surface area contributed by atoms with Crippen molar-refractivity contribution in [2.75, 3.05) is 13.2 Å². The molecule has 72 valence electrons. The highest BCUT2D eigenvalue weighted by atomic mass is 16.6. The standard InChI is InChI=1S/C8H7N3O3/c12-11(13)7-5-9-2-1-6(7)8-10-3-4-14-8/h1-2,5H,3-4H2. The van der Waals surface area contributed by atoms with Crippen molar-refractivity contribution in [3.05, 3.63) is 34.1 Å². The van der Waals surface area contributed by atoms with Crippen LogP contribution in [-0.2, 0) is 4.74 Å². The first-order valence-electron chi connectivity index (χ1n) is 4.05. The van der Waals surface area contributed by atoms with Crippen LogP contribution in [0.5, 0.6) is 0 Å². The minimum Gasteiger partial charge on any atom is -0.475 e. The van der Waals surface area contributed by atoms with Crippen molar-refractivity contribution in [1.82, 2.24) is 4.98 Å². The lowest BCUT2D eigenvalue weighted by atomic mass is 10.2. The summed E-state index contributed by atoms with van der Waals surface area (Å²) in [6.45, 7) is 1.03. The van der Waals surface area contributed by atoms with Crippen LogP contribution in [0.25, 0.3) is 0 Å². The van der Waals surface area contributed by atoms with Crippen LogP contribution in [0.15, 0.2) is 23.5 Å². The maximum absolute atomic E-state index is 10.6. The Hall–Kier alpha value is -1.98. The summed E-state index contributed by atoms with van der Waals surface area (Å²) < 4.78 is 5.15. The number of rotatable bonds is 2. The highest BCUT2D eigenvalue weighted by Crippen LogP contribution is 2.19. The summed E-state index contributed by atoms with van der Waals surface area (Å²) in [7, 11) is 0. The molecule has 0 radical (unpaired) electrons. The highest BCUT2D eigenvalue weighted by Gasteiger charge is 2.21. The number of hydrogen-bond donors (Lipinski definition) is 0. The van der Waals surface area contributed by atoms with Crippen molar-refractivity contribution >= 4 is 11.6 Å². The summed E-state index contributed by atoms with van der Waals surface area (Å²) in [6.07, 6.45) is 2.67. The van der Waals surface area contributed by atoms with Crippen LogP contribution in [0, 0.1) is 10.1 Å². The third-order valence-electron chi connectivity index (χ3n) is 1.81. The summed E-state index contributed by atoms with van der Waals surface area (Å²) >= 11 is 0. The van der Waals surface area contributed by atoms with Gasteiger partial charge in [-0.1, -0.05) is 0 Å². The molecule has 2 heterocycles. The Balaban J connectivity index is 2.46. The van der Waals surface area contributed by atoms with Crippen LogP contribution < -0.4 is 0 Å². The van der Waals surface area contributed by atoms with Gasteiger partial charge in [-0.05, 0) is 6.07 Å². The van der Waals surface area contributed by atoms with E-state index in [0.29, 0.717) is 24.6 Å². The Bertz CT molecular complexity index is 403. The summed E-state index contributed by atoms with van der Waals surface area (Å²) in [4.78, 5) is 17.8. The molecule has 0 unspecified atom stereocenters. The molecule has 0 atom stereocenters. The number of aromatic nitrogens is 1. The number of pyridine rings is 1. The lowest BCUT2D eigenvalue weighted by Gasteiger charge is -2.01. The fourth-order valence-corrected chi connectivity index (χ4v) is 1.21. The van der Waals surface area contributed by atoms with Gasteiger partial charge in [0.25, 0.3) is 5.69 Å². The molecular formula is C8H7N3O3. The van der Waals surface area contributed by atoms with E-state index in [0.717, 1.165) is 0 Å². The average Bonchev–Trinajstić information content (AvgIpc) is 2.70. The van der Waals surface area contributed by atoms with Crippen LogP contribution in [0.3, 0.4) is 0 Å². The van der Waals surface area contributed by atoms with Crippen molar-refractivity contribution in [2.45, 2.75) is 0 Å². The van der Waals surface area contributed by atoms with Gasteiger partial charge < -0.3 is 4.74 Å². The van der Waals surface area contributed by atoms with Crippen LogP contribution in [0.4, 0.5) is 5.69 Å². The molecule has 1 aromatic rings. The molecule has 0 fully saturated rings. The predicted octanol–water partition coefficient (Wildman–Crippen LogP) is 0.767. The summed E-state index contributed by atoms with van der Waals surface area (Å²) in [5, 5.41) is 10.6. The number of aliphatic imine (C=N–C) groups is 1. The summed E-state index contributed by atoms with van der Waals surface area (Å²) in [5.41, 5.74) is 0.315. The van der Waals surface area contributed by atoms with E-state index in [4.69, 9.17) is 4.74 Å². The SMILES string of the molecule is O=[N+]([O-])c1cnccc1C1=NCCO1. The molecule has 6 heteroatoms. The predicted molar refractivity (Wildman–Crippen MR) is 48.2 cm³/mol. The Morgan fingerprint density at radius 2 is 2.43 bits per heavy atom. The molecule has 0 aliphatic carbocycles. The van der Waals surface area contributed by atoms with Gasteiger partial charge in [0.2, 0.25) is 5.90 Å². The first-order valence-corrected chi connectivity index (χ1v) is 4.05. The van der Waals surface area contributed by atoms with E-state index in [1.807, 2.05) is 0 Å². The maximum atomic E-state index is 10.6. The Labute approximate surface area is 79.4 Å². The second kappa shape index (κ2) is 3.41. The van der Waals surface area contributed by atoms with Crippen molar-refractivity contribution in [3.63, 3.8) is 0 Å². The normalized spacial score (nSPS) is 14.7. The molecule has 0 spiro atoms. The van der Waals surface area contributed by atoms with Gasteiger partial charge in [-0.3, -0.25) is 15.1 Å². The zero-order chi connectivity index (χ0) is 9.97. The molecule has 1 aliphatic heterocycles. The summed E-state index contributed by atoms with van der Waals surface area (Å²) in [5.74, 6) is 0.333. The highest BCUT2D eigenvalue weighted by molar-refractivity contribution is 5.98. The molecule has 14 heavy (non-hydrogen) atoms. The number of ether oxygens (including phenoxy) is 1. The minimum absolute atomic E-state index is 0.0758. The smallest absolute Gasteiger partial charge is 0.300 e. The largest absolute Gasteiger partial charge is 0.475 e. The van der Waals surface area contributed by atoms with Crippen LogP contribution >= 0.6 is 0 Å². The summed E-state index contributed by atoms with van der Waals surface area (Å²) in [6, 6.07) is 1.53. The van der Waals surface area contributed by atoms with Gasteiger partial charge in [-0.2, -0.15) is 0 Å². The monoisotopic (exact) mass is 193 g/mol. The Morgan fingerprint density at radius 3 is 3.07 bits per heavy atom. The lowest BCUT2D eigenvalue weighted by Crippen LogP contribution is -2.05. The maximum Gasteiger partial charge on any atom is 0.300 e. The van der Waals surface area contributed by atoms with Gasteiger partial charge >= 0.3 is 0 Å². The molecule has 0 amide bonds. The third-order valence-corrected chi connectivity index (χ3v) is 1.81. The zero-order valence-corrected chi connectivity index (χ0v) is 7.21. The van der Waals surface area contributed by atoms with Crippen molar-refractivity contribution in [2.24, 2.45) is 4.99 Å². The van der Waals surface area contributed by atoms with E-state index in [2.05, 4.69) is 9.98 Å². The van der Waals surface area contributed by atoms with E-state index >= 15 is 0 Å². The van der Waals surface area contributed by atoms with E-state index < -0.39 is 4.92 Å². The van der Waals surface area contributed by atoms with Crippen molar-refractivity contribution in [3.8, 4) is 0 Å². The second-order valence-electron chi connectivity index (χ2n) is 2.69. The molecular weight excluding hydrogens is 186 g/mol. The molecule has 1 aliphatic rings. The zero-order valence-electron chi connectivity index (χ0n) is 7.21. The molecule has 2 rings (SSSR count). The van der Waals surface area contributed by atoms with Crippen molar-refractivity contribution < 1.29 is 9.66 Å². The first-order chi connectivity index (χ1) is 6.79. The Morgan fingerprint density at radius 1 is 1.57 bits per heavy atom. The fourth-order valence-electron chi connectivity index (χ4n) is 1.21. The number of hydrogen-bond acceptors (Lipinski definition) is 5. The average molecular weight is 193 g/mol. The van der Waals surface area contributed by atoms with Gasteiger partial charge in [-0.25, -0.2) is 4.99 Å².